The molecule has 21 heavy (non-hydrogen) atoms. The van der Waals surface area contributed by atoms with Crippen molar-refractivity contribution in [3.05, 3.63) is 95.7 Å². The van der Waals surface area contributed by atoms with Crippen molar-refractivity contribution in [2.45, 2.75) is 26.9 Å². The van der Waals surface area contributed by atoms with Gasteiger partial charge in [-0.1, -0.05) is 72.3 Å². The lowest BCUT2D eigenvalue weighted by Gasteiger charge is -2.20. The molecule has 1 heteroatoms. The second-order valence-corrected chi connectivity index (χ2v) is 5.46. The number of benzene rings is 2. The van der Waals surface area contributed by atoms with Crippen LogP contribution in [0.4, 0.5) is 0 Å². The molecule has 0 spiro atoms. The van der Waals surface area contributed by atoms with Gasteiger partial charge in [-0.15, -0.1) is 0 Å². The highest BCUT2D eigenvalue weighted by Gasteiger charge is 2.02. The number of rotatable bonds is 6. The lowest BCUT2D eigenvalue weighted by molar-refractivity contribution is 0.362. The Morgan fingerprint density at radius 3 is 1.71 bits per heavy atom. The number of nitrogens with zero attached hydrogens (tertiary/aromatic N) is 1. The van der Waals surface area contributed by atoms with E-state index in [0.717, 1.165) is 13.1 Å². The molecule has 2 aromatic rings. The molecule has 0 heterocycles. The van der Waals surface area contributed by atoms with Gasteiger partial charge in [-0.25, -0.2) is 0 Å². The normalized spacial score (nSPS) is 10.6. The third kappa shape index (κ3) is 5.70. The first-order valence-electron chi connectivity index (χ1n) is 7.37. The minimum absolute atomic E-state index is 0.919. The van der Waals surface area contributed by atoms with Crippen molar-refractivity contribution in [3.8, 4) is 0 Å². The minimum atomic E-state index is 0.919. The summed E-state index contributed by atoms with van der Waals surface area (Å²) in [6.07, 6.45) is 6.44. The SMILES string of the molecule is CC(C)=C/C=C/N(Cc1ccccc1)Cc1ccccc1. The van der Waals surface area contributed by atoms with Crippen molar-refractivity contribution in [2.75, 3.05) is 0 Å². The molecular weight excluding hydrogens is 254 g/mol. The topological polar surface area (TPSA) is 3.24 Å². The standard InChI is InChI=1S/C20H23N/c1-18(2)10-9-15-21(16-19-11-5-3-6-12-19)17-20-13-7-4-8-14-20/h3-15H,16-17H2,1-2H3/b15-9+. The average molecular weight is 277 g/mol. The maximum atomic E-state index is 2.34. The zero-order valence-corrected chi connectivity index (χ0v) is 12.9. The number of hydrogen-bond acceptors (Lipinski definition) is 1. The first-order chi connectivity index (χ1) is 10.2. The zero-order valence-electron chi connectivity index (χ0n) is 12.9. The number of hydrogen-bond donors (Lipinski definition) is 0. The van der Waals surface area contributed by atoms with Gasteiger partial charge in [-0.05, 0) is 37.3 Å². The molecule has 108 valence electrons. The van der Waals surface area contributed by atoms with Crippen LogP contribution >= 0.6 is 0 Å². The summed E-state index contributed by atoms with van der Waals surface area (Å²) in [6, 6.07) is 21.2. The molecule has 0 aliphatic heterocycles. The van der Waals surface area contributed by atoms with Gasteiger partial charge >= 0.3 is 0 Å². The summed E-state index contributed by atoms with van der Waals surface area (Å²) in [5.74, 6) is 0. The lowest BCUT2D eigenvalue weighted by Crippen LogP contribution is -2.16. The molecule has 0 aliphatic rings. The molecule has 0 aliphatic carbocycles. The summed E-state index contributed by atoms with van der Waals surface area (Å²) in [4.78, 5) is 2.34. The molecular formula is C20H23N. The first-order valence-corrected chi connectivity index (χ1v) is 7.37. The molecule has 2 rings (SSSR count). The summed E-state index contributed by atoms with van der Waals surface area (Å²) < 4.78 is 0. The fraction of sp³-hybridized carbons (Fsp3) is 0.200. The highest BCUT2D eigenvalue weighted by atomic mass is 15.1. The van der Waals surface area contributed by atoms with Crippen molar-refractivity contribution in [1.82, 2.24) is 4.90 Å². The van der Waals surface area contributed by atoms with E-state index >= 15 is 0 Å². The van der Waals surface area contributed by atoms with Crippen molar-refractivity contribution in [1.29, 1.82) is 0 Å². The van der Waals surface area contributed by atoms with Crippen LogP contribution < -0.4 is 0 Å². The smallest absolute Gasteiger partial charge is 0.0427 e. The summed E-state index contributed by atoms with van der Waals surface area (Å²) in [5, 5.41) is 0. The quantitative estimate of drug-likeness (QED) is 0.658. The van der Waals surface area contributed by atoms with E-state index in [9.17, 15) is 0 Å². The van der Waals surface area contributed by atoms with Crippen LogP contribution in [0, 0.1) is 0 Å². The lowest BCUT2D eigenvalue weighted by atomic mass is 10.2. The highest BCUT2D eigenvalue weighted by molar-refractivity contribution is 5.18. The van der Waals surface area contributed by atoms with Gasteiger partial charge < -0.3 is 4.90 Å². The van der Waals surface area contributed by atoms with Crippen LogP contribution in [0.1, 0.15) is 25.0 Å². The Balaban J connectivity index is 2.10. The molecule has 0 fully saturated rings. The van der Waals surface area contributed by atoms with Gasteiger partial charge in [-0.3, -0.25) is 0 Å². The van der Waals surface area contributed by atoms with Gasteiger partial charge in [-0.2, -0.15) is 0 Å². The van der Waals surface area contributed by atoms with Gasteiger partial charge in [0.25, 0.3) is 0 Å². The second-order valence-electron chi connectivity index (χ2n) is 5.46. The molecule has 0 unspecified atom stereocenters. The molecule has 0 amide bonds. The van der Waals surface area contributed by atoms with Crippen molar-refractivity contribution >= 4 is 0 Å². The maximum absolute atomic E-state index is 2.34. The number of allylic oxidation sites excluding steroid dienone is 3. The van der Waals surface area contributed by atoms with Gasteiger partial charge in [0, 0.05) is 13.1 Å². The van der Waals surface area contributed by atoms with Crippen LogP contribution in [0.5, 0.6) is 0 Å². The third-order valence-corrected chi connectivity index (χ3v) is 3.18. The van der Waals surface area contributed by atoms with Crippen molar-refractivity contribution in [2.24, 2.45) is 0 Å². The molecule has 2 aromatic carbocycles. The van der Waals surface area contributed by atoms with E-state index in [1.54, 1.807) is 0 Å². The van der Waals surface area contributed by atoms with Gasteiger partial charge in [0.1, 0.15) is 0 Å². The van der Waals surface area contributed by atoms with Crippen LogP contribution in [0.25, 0.3) is 0 Å². The van der Waals surface area contributed by atoms with E-state index < -0.39 is 0 Å². The molecule has 1 nitrogen and oxygen atoms in total. The van der Waals surface area contributed by atoms with E-state index in [4.69, 9.17) is 0 Å². The van der Waals surface area contributed by atoms with Crippen molar-refractivity contribution < 1.29 is 0 Å². The fourth-order valence-electron chi connectivity index (χ4n) is 2.15. The van der Waals surface area contributed by atoms with Crippen LogP contribution in [0.15, 0.2) is 84.6 Å². The van der Waals surface area contributed by atoms with Gasteiger partial charge in [0.05, 0.1) is 0 Å². The van der Waals surface area contributed by atoms with E-state index in [-0.39, 0.29) is 0 Å². The molecule has 0 bridgehead atoms. The van der Waals surface area contributed by atoms with E-state index in [1.807, 2.05) is 0 Å². The molecule has 0 saturated heterocycles. The Hall–Kier alpha value is -2.28. The summed E-state index contributed by atoms with van der Waals surface area (Å²) >= 11 is 0. The van der Waals surface area contributed by atoms with E-state index in [1.165, 1.54) is 16.7 Å². The largest absolute Gasteiger partial charge is 0.369 e. The van der Waals surface area contributed by atoms with Crippen molar-refractivity contribution in [3.63, 3.8) is 0 Å². The second kappa shape index (κ2) is 8.11. The third-order valence-electron chi connectivity index (χ3n) is 3.18. The highest BCUT2D eigenvalue weighted by Crippen LogP contribution is 2.10. The van der Waals surface area contributed by atoms with E-state index in [0.29, 0.717) is 0 Å². The predicted molar refractivity (Wildman–Crippen MR) is 90.7 cm³/mol. The molecule has 0 saturated carbocycles. The van der Waals surface area contributed by atoms with Crippen LogP contribution in [0.2, 0.25) is 0 Å². The molecule has 0 N–H and O–H groups in total. The maximum Gasteiger partial charge on any atom is 0.0427 e. The average Bonchev–Trinajstić information content (AvgIpc) is 2.49. The van der Waals surface area contributed by atoms with E-state index in [2.05, 4.69) is 97.8 Å². The molecule has 0 atom stereocenters. The molecule has 0 aromatic heterocycles. The Labute approximate surface area is 128 Å². The van der Waals surface area contributed by atoms with Gasteiger partial charge in [0.2, 0.25) is 0 Å². The Morgan fingerprint density at radius 1 is 0.810 bits per heavy atom. The minimum Gasteiger partial charge on any atom is -0.369 e. The fourth-order valence-corrected chi connectivity index (χ4v) is 2.15. The zero-order chi connectivity index (χ0) is 14.9. The van der Waals surface area contributed by atoms with Crippen LogP contribution in [0.3, 0.4) is 0 Å². The van der Waals surface area contributed by atoms with Crippen LogP contribution in [-0.4, -0.2) is 4.90 Å². The first kappa shape index (κ1) is 15.1. The Bertz CT molecular complexity index is 536. The Kier molecular flexibility index (Phi) is 5.83. The summed E-state index contributed by atoms with van der Waals surface area (Å²) in [5.41, 5.74) is 3.97. The molecule has 0 radical (unpaired) electrons. The predicted octanol–water partition coefficient (Wildman–Crippen LogP) is 5.17. The Morgan fingerprint density at radius 2 is 1.29 bits per heavy atom. The summed E-state index contributed by atoms with van der Waals surface area (Å²) in [7, 11) is 0. The monoisotopic (exact) mass is 277 g/mol. The van der Waals surface area contributed by atoms with Crippen LogP contribution in [-0.2, 0) is 13.1 Å². The summed E-state index contributed by atoms with van der Waals surface area (Å²) in [6.45, 7) is 6.07. The van der Waals surface area contributed by atoms with Gasteiger partial charge in [0.15, 0.2) is 0 Å².